The number of aryl methyl sites for hydroxylation is 1. The Morgan fingerprint density at radius 2 is 2.18 bits per heavy atom. The van der Waals surface area contributed by atoms with E-state index in [1.807, 2.05) is 25.1 Å². The highest BCUT2D eigenvalue weighted by Gasteiger charge is 2.36. The SMILES string of the molecule is Cc1ccc2c(c1)C(C(=O)O)C(C(C)C)CN2. The molecular formula is C14H19NO2. The van der Waals surface area contributed by atoms with Crippen LogP contribution in [0.5, 0.6) is 0 Å². The molecule has 17 heavy (non-hydrogen) atoms. The molecule has 0 saturated carbocycles. The molecule has 1 heterocycles. The van der Waals surface area contributed by atoms with Crippen molar-refractivity contribution < 1.29 is 9.90 Å². The molecule has 0 fully saturated rings. The third-order valence-electron chi connectivity index (χ3n) is 3.62. The molecule has 3 heteroatoms. The number of benzene rings is 1. The van der Waals surface area contributed by atoms with Crippen LogP contribution >= 0.6 is 0 Å². The molecule has 2 unspecified atom stereocenters. The highest BCUT2D eigenvalue weighted by Crippen LogP contribution is 2.39. The average Bonchev–Trinajstić information content (AvgIpc) is 2.26. The molecule has 0 aromatic heterocycles. The third-order valence-corrected chi connectivity index (χ3v) is 3.62. The lowest BCUT2D eigenvalue weighted by Gasteiger charge is -2.34. The number of anilines is 1. The van der Waals surface area contributed by atoms with Crippen LogP contribution in [0.4, 0.5) is 5.69 Å². The molecule has 2 N–H and O–H groups in total. The number of rotatable bonds is 2. The number of carboxylic acids is 1. The fraction of sp³-hybridized carbons (Fsp3) is 0.500. The van der Waals surface area contributed by atoms with Gasteiger partial charge in [0.25, 0.3) is 0 Å². The van der Waals surface area contributed by atoms with E-state index in [1.165, 1.54) is 0 Å². The molecule has 2 atom stereocenters. The van der Waals surface area contributed by atoms with Gasteiger partial charge >= 0.3 is 5.97 Å². The molecule has 1 aliphatic heterocycles. The smallest absolute Gasteiger partial charge is 0.311 e. The van der Waals surface area contributed by atoms with Gasteiger partial charge in [-0.3, -0.25) is 4.79 Å². The maximum absolute atomic E-state index is 11.5. The molecule has 0 aliphatic carbocycles. The normalized spacial score (nSPS) is 23.1. The van der Waals surface area contributed by atoms with E-state index in [0.29, 0.717) is 5.92 Å². The summed E-state index contributed by atoms with van der Waals surface area (Å²) in [5.41, 5.74) is 3.02. The summed E-state index contributed by atoms with van der Waals surface area (Å²) in [6.07, 6.45) is 0. The van der Waals surface area contributed by atoms with E-state index in [9.17, 15) is 9.90 Å². The lowest BCUT2D eigenvalue weighted by Crippen LogP contribution is -2.35. The highest BCUT2D eigenvalue weighted by atomic mass is 16.4. The average molecular weight is 233 g/mol. The summed E-state index contributed by atoms with van der Waals surface area (Å²) in [6.45, 7) is 6.91. The third kappa shape index (κ3) is 2.14. The Morgan fingerprint density at radius 3 is 2.76 bits per heavy atom. The number of hydrogen-bond acceptors (Lipinski definition) is 2. The topological polar surface area (TPSA) is 49.3 Å². The second kappa shape index (κ2) is 4.40. The van der Waals surface area contributed by atoms with Gasteiger partial charge in [0.1, 0.15) is 0 Å². The summed E-state index contributed by atoms with van der Waals surface area (Å²) in [6, 6.07) is 5.99. The van der Waals surface area contributed by atoms with Gasteiger partial charge in [0, 0.05) is 12.2 Å². The van der Waals surface area contributed by atoms with E-state index >= 15 is 0 Å². The largest absolute Gasteiger partial charge is 0.481 e. The minimum absolute atomic E-state index is 0.154. The summed E-state index contributed by atoms with van der Waals surface area (Å²) in [5.74, 6) is -0.581. The van der Waals surface area contributed by atoms with Gasteiger partial charge < -0.3 is 10.4 Å². The zero-order valence-electron chi connectivity index (χ0n) is 10.5. The van der Waals surface area contributed by atoms with Crippen molar-refractivity contribution in [3.8, 4) is 0 Å². The predicted molar refractivity (Wildman–Crippen MR) is 68.4 cm³/mol. The van der Waals surface area contributed by atoms with Crippen LogP contribution in [0.15, 0.2) is 18.2 Å². The van der Waals surface area contributed by atoms with E-state index in [1.54, 1.807) is 0 Å². The summed E-state index contributed by atoms with van der Waals surface area (Å²) in [5, 5.41) is 12.8. The van der Waals surface area contributed by atoms with Crippen LogP contribution in [-0.4, -0.2) is 17.6 Å². The molecule has 1 aliphatic rings. The number of carbonyl (C=O) groups is 1. The molecule has 2 rings (SSSR count). The van der Waals surface area contributed by atoms with Crippen LogP contribution in [0.1, 0.15) is 30.9 Å². The molecule has 92 valence electrons. The molecule has 0 amide bonds. The first-order valence-corrected chi connectivity index (χ1v) is 6.08. The Kier molecular flexibility index (Phi) is 3.09. The molecule has 1 aromatic carbocycles. The van der Waals surface area contributed by atoms with E-state index < -0.39 is 5.97 Å². The van der Waals surface area contributed by atoms with Crippen molar-refractivity contribution in [1.82, 2.24) is 0 Å². The fourth-order valence-electron chi connectivity index (χ4n) is 2.61. The summed E-state index contributed by atoms with van der Waals surface area (Å²) in [4.78, 5) is 11.5. The van der Waals surface area contributed by atoms with Gasteiger partial charge in [-0.2, -0.15) is 0 Å². The summed E-state index contributed by atoms with van der Waals surface area (Å²) >= 11 is 0. The van der Waals surface area contributed by atoms with Gasteiger partial charge in [-0.1, -0.05) is 31.5 Å². The number of aliphatic carboxylic acids is 1. The molecule has 0 radical (unpaired) electrons. The highest BCUT2D eigenvalue weighted by molar-refractivity contribution is 5.80. The maximum Gasteiger partial charge on any atom is 0.311 e. The molecular weight excluding hydrogens is 214 g/mol. The number of hydrogen-bond donors (Lipinski definition) is 2. The van der Waals surface area contributed by atoms with Gasteiger partial charge in [0.05, 0.1) is 5.92 Å². The van der Waals surface area contributed by atoms with Crippen LogP contribution in [0.3, 0.4) is 0 Å². The lowest BCUT2D eigenvalue weighted by atomic mass is 9.76. The van der Waals surface area contributed by atoms with E-state index in [2.05, 4.69) is 19.2 Å². The number of carboxylic acid groups (broad SMARTS) is 1. The van der Waals surface area contributed by atoms with Gasteiger partial charge in [-0.25, -0.2) is 0 Å². The fourth-order valence-corrected chi connectivity index (χ4v) is 2.61. The first-order chi connectivity index (χ1) is 8.00. The number of fused-ring (bicyclic) bond motifs is 1. The van der Waals surface area contributed by atoms with Crippen LogP contribution in [0, 0.1) is 18.8 Å². The Hall–Kier alpha value is -1.51. The van der Waals surface area contributed by atoms with Gasteiger partial charge in [-0.05, 0) is 30.4 Å². The molecule has 0 saturated heterocycles. The van der Waals surface area contributed by atoms with Crippen molar-refractivity contribution in [3.63, 3.8) is 0 Å². The standard InChI is InChI=1S/C14H19NO2/c1-8(2)11-7-15-12-5-4-9(3)6-10(12)13(11)14(16)17/h4-6,8,11,13,15H,7H2,1-3H3,(H,16,17). The summed E-state index contributed by atoms with van der Waals surface area (Å²) in [7, 11) is 0. The second-order valence-corrected chi connectivity index (χ2v) is 5.20. The second-order valence-electron chi connectivity index (χ2n) is 5.20. The van der Waals surface area contributed by atoms with E-state index in [-0.39, 0.29) is 11.8 Å². The molecule has 3 nitrogen and oxygen atoms in total. The number of nitrogens with one attached hydrogen (secondary N) is 1. The molecule has 1 aromatic rings. The van der Waals surface area contributed by atoms with Gasteiger partial charge in [0.2, 0.25) is 0 Å². The van der Waals surface area contributed by atoms with Gasteiger partial charge in [0.15, 0.2) is 0 Å². The van der Waals surface area contributed by atoms with Crippen molar-refractivity contribution in [2.75, 3.05) is 11.9 Å². The maximum atomic E-state index is 11.5. The monoisotopic (exact) mass is 233 g/mol. The van der Waals surface area contributed by atoms with E-state index in [0.717, 1.165) is 23.4 Å². The first-order valence-electron chi connectivity index (χ1n) is 6.08. The van der Waals surface area contributed by atoms with Crippen molar-refractivity contribution in [2.24, 2.45) is 11.8 Å². The van der Waals surface area contributed by atoms with Gasteiger partial charge in [-0.15, -0.1) is 0 Å². The van der Waals surface area contributed by atoms with Crippen LogP contribution < -0.4 is 5.32 Å². The molecule has 0 spiro atoms. The first kappa shape index (κ1) is 12.0. The zero-order valence-corrected chi connectivity index (χ0v) is 10.5. The minimum Gasteiger partial charge on any atom is -0.481 e. The van der Waals surface area contributed by atoms with Crippen LogP contribution in [-0.2, 0) is 4.79 Å². The zero-order chi connectivity index (χ0) is 12.6. The minimum atomic E-state index is -0.711. The Bertz CT molecular complexity index is 440. The van der Waals surface area contributed by atoms with E-state index in [4.69, 9.17) is 0 Å². The van der Waals surface area contributed by atoms with Crippen LogP contribution in [0.25, 0.3) is 0 Å². The predicted octanol–water partition coefficient (Wildman–Crippen LogP) is 2.86. The van der Waals surface area contributed by atoms with Crippen molar-refractivity contribution in [3.05, 3.63) is 29.3 Å². The van der Waals surface area contributed by atoms with Crippen LogP contribution in [0.2, 0.25) is 0 Å². The Morgan fingerprint density at radius 1 is 1.47 bits per heavy atom. The van der Waals surface area contributed by atoms with Crippen molar-refractivity contribution in [1.29, 1.82) is 0 Å². The van der Waals surface area contributed by atoms with Crippen molar-refractivity contribution in [2.45, 2.75) is 26.7 Å². The quantitative estimate of drug-likeness (QED) is 0.825. The van der Waals surface area contributed by atoms with Crippen molar-refractivity contribution >= 4 is 11.7 Å². The molecule has 0 bridgehead atoms. The summed E-state index contributed by atoms with van der Waals surface area (Å²) < 4.78 is 0. The Balaban J connectivity index is 2.48. The Labute approximate surface area is 102 Å². The lowest BCUT2D eigenvalue weighted by molar-refractivity contribution is -0.140.